The third-order valence-corrected chi connectivity index (χ3v) is 3.10. The monoisotopic (exact) mass is 320 g/mol. The van der Waals surface area contributed by atoms with Crippen molar-refractivity contribution in [2.75, 3.05) is 17.7 Å². The van der Waals surface area contributed by atoms with Crippen molar-refractivity contribution < 1.29 is 4.79 Å². The molecule has 0 aliphatic heterocycles. The van der Waals surface area contributed by atoms with Crippen LogP contribution < -0.4 is 10.6 Å². The number of hydrogen-bond acceptors (Lipinski definition) is 4. The molecule has 0 radical (unpaired) electrons. The summed E-state index contributed by atoms with van der Waals surface area (Å²) >= 11 is 3.34. The molecule has 0 saturated carbocycles. The van der Waals surface area contributed by atoms with Crippen LogP contribution in [0.4, 0.5) is 11.6 Å². The first-order valence-electron chi connectivity index (χ1n) is 5.68. The van der Waals surface area contributed by atoms with Crippen LogP contribution in [0, 0.1) is 6.92 Å². The fourth-order valence-corrected chi connectivity index (χ4v) is 1.94. The zero-order chi connectivity index (χ0) is 13.8. The highest BCUT2D eigenvalue weighted by atomic mass is 79.9. The molecule has 0 aliphatic rings. The number of nitrogens with zero attached hydrogens (tertiary/aromatic N) is 2. The highest BCUT2D eigenvalue weighted by molar-refractivity contribution is 9.10. The molecule has 0 aromatic carbocycles. The molecule has 0 bridgehead atoms. The van der Waals surface area contributed by atoms with Crippen molar-refractivity contribution in [3.8, 4) is 0 Å². The SMILES string of the molecule is CNc1cc(C(=O)Nc2ncccc2Br)cc(C)n1. The standard InChI is InChI=1S/C13H13BrN4O/c1-8-6-9(7-11(15-2)17-8)13(19)18-12-10(14)4-3-5-16-12/h3-7H,1-2H3,(H,15,17)(H,16,18,19). The molecule has 0 spiro atoms. The number of rotatable bonds is 3. The Morgan fingerprint density at radius 1 is 1.37 bits per heavy atom. The Hall–Kier alpha value is -1.95. The largest absolute Gasteiger partial charge is 0.373 e. The number of aryl methyl sites for hydroxylation is 1. The topological polar surface area (TPSA) is 66.9 Å². The Kier molecular flexibility index (Phi) is 4.11. The molecule has 0 fully saturated rings. The van der Waals surface area contributed by atoms with E-state index in [2.05, 4.69) is 36.5 Å². The van der Waals surface area contributed by atoms with E-state index in [1.54, 1.807) is 31.4 Å². The molecule has 1 amide bonds. The van der Waals surface area contributed by atoms with Gasteiger partial charge in [-0.1, -0.05) is 0 Å². The number of aromatic nitrogens is 2. The molecule has 2 N–H and O–H groups in total. The second-order valence-electron chi connectivity index (χ2n) is 3.92. The van der Waals surface area contributed by atoms with E-state index in [1.165, 1.54) is 0 Å². The Balaban J connectivity index is 2.25. The minimum absolute atomic E-state index is 0.221. The summed E-state index contributed by atoms with van der Waals surface area (Å²) in [6.45, 7) is 1.84. The van der Waals surface area contributed by atoms with E-state index in [1.807, 2.05) is 13.0 Å². The van der Waals surface area contributed by atoms with Crippen LogP contribution in [-0.2, 0) is 0 Å². The number of carbonyl (C=O) groups excluding carboxylic acids is 1. The van der Waals surface area contributed by atoms with Crippen molar-refractivity contribution in [1.82, 2.24) is 9.97 Å². The van der Waals surface area contributed by atoms with Crippen LogP contribution in [0.5, 0.6) is 0 Å². The van der Waals surface area contributed by atoms with E-state index in [0.717, 1.165) is 10.2 Å². The van der Waals surface area contributed by atoms with Crippen molar-refractivity contribution in [2.24, 2.45) is 0 Å². The van der Waals surface area contributed by atoms with Gasteiger partial charge in [-0.2, -0.15) is 0 Å². The van der Waals surface area contributed by atoms with Crippen LogP contribution in [0.25, 0.3) is 0 Å². The van der Waals surface area contributed by atoms with Gasteiger partial charge in [0.2, 0.25) is 0 Å². The molecule has 19 heavy (non-hydrogen) atoms. The number of nitrogens with one attached hydrogen (secondary N) is 2. The first kappa shape index (κ1) is 13.5. The number of hydrogen-bond donors (Lipinski definition) is 2. The minimum Gasteiger partial charge on any atom is -0.373 e. The van der Waals surface area contributed by atoms with Gasteiger partial charge in [-0.05, 0) is 47.1 Å². The zero-order valence-electron chi connectivity index (χ0n) is 10.6. The fourth-order valence-electron chi connectivity index (χ4n) is 1.59. The summed E-state index contributed by atoms with van der Waals surface area (Å²) in [5.41, 5.74) is 1.31. The predicted molar refractivity (Wildman–Crippen MR) is 78.4 cm³/mol. The average Bonchev–Trinajstić information content (AvgIpc) is 2.40. The van der Waals surface area contributed by atoms with E-state index >= 15 is 0 Å². The van der Waals surface area contributed by atoms with Crippen LogP contribution in [0.3, 0.4) is 0 Å². The van der Waals surface area contributed by atoms with Crippen LogP contribution in [0.15, 0.2) is 34.9 Å². The summed E-state index contributed by atoms with van der Waals surface area (Å²) < 4.78 is 0.739. The van der Waals surface area contributed by atoms with E-state index < -0.39 is 0 Å². The molecule has 2 aromatic rings. The Morgan fingerprint density at radius 2 is 2.16 bits per heavy atom. The lowest BCUT2D eigenvalue weighted by Gasteiger charge is -2.08. The first-order valence-corrected chi connectivity index (χ1v) is 6.48. The molecule has 5 nitrogen and oxygen atoms in total. The third-order valence-electron chi connectivity index (χ3n) is 2.46. The van der Waals surface area contributed by atoms with Crippen LogP contribution in [0.2, 0.25) is 0 Å². The second kappa shape index (κ2) is 5.79. The minimum atomic E-state index is -0.221. The number of amides is 1. The first-order chi connectivity index (χ1) is 9.10. The molecule has 0 saturated heterocycles. The van der Waals surface area contributed by atoms with Crippen molar-refractivity contribution in [3.05, 3.63) is 46.2 Å². The molecular weight excluding hydrogens is 308 g/mol. The lowest BCUT2D eigenvalue weighted by atomic mass is 10.2. The number of anilines is 2. The predicted octanol–water partition coefficient (Wildman–Crippen LogP) is 2.84. The van der Waals surface area contributed by atoms with Gasteiger partial charge < -0.3 is 10.6 Å². The maximum atomic E-state index is 12.2. The molecule has 6 heteroatoms. The van der Waals surface area contributed by atoms with Gasteiger partial charge in [0, 0.05) is 24.5 Å². The third kappa shape index (κ3) is 3.29. The van der Waals surface area contributed by atoms with Crippen LogP contribution in [0.1, 0.15) is 16.1 Å². The summed E-state index contributed by atoms with van der Waals surface area (Å²) in [5.74, 6) is 0.930. The number of pyridine rings is 2. The van der Waals surface area contributed by atoms with E-state index in [0.29, 0.717) is 17.2 Å². The van der Waals surface area contributed by atoms with Crippen molar-refractivity contribution >= 4 is 33.5 Å². The quantitative estimate of drug-likeness (QED) is 0.912. The van der Waals surface area contributed by atoms with Gasteiger partial charge in [0.1, 0.15) is 11.6 Å². The average molecular weight is 321 g/mol. The Labute approximate surface area is 119 Å². The van der Waals surface area contributed by atoms with E-state index in [-0.39, 0.29) is 5.91 Å². The van der Waals surface area contributed by atoms with Crippen molar-refractivity contribution in [3.63, 3.8) is 0 Å². The van der Waals surface area contributed by atoms with Gasteiger partial charge in [0.15, 0.2) is 0 Å². The zero-order valence-corrected chi connectivity index (χ0v) is 12.2. The smallest absolute Gasteiger partial charge is 0.257 e. The van der Waals surface area contributed by atoms with Gasteiger partial charge in [0.05, 0.1) is 4.47 Å². The van der Waals surface area contributed by atoms with Gasteiger partial charge >= 0.3 is 0 Å². The molecule has 0 aliphatic carbocycles. The molecule has 2 aromatic heterocycles. The van der Waals surface area contributed by atoms with Crippen molar-refractivity contribution in [1.29, 1.82) is 0 Å². The Morgan fingerprint density at radius 3 is 2.84 bits per heavy atom. The second-order valence-corrected chi connectivity index (χ2v) is 4.77. The van der Waals surface area contributed by atoms with Crippen LogP contribution in [-0.4, -0.2) is 22.9 Å². The maximum Gasteiger partial charge on any atom is 0.257 e. The van der Waals surface area contributed by atoms with E-state index in [4.69, 9.17) is 0 Å². The van der Waals surface area contributed by atoms with E-state index in [9.17, 15) is 4.79 Å². The van der Waals surface area contributed by atoms with Gasteiger partial charge in [-0.15, -0.1) is 0 Å². The highest BCUT2D eigenvalue weighted by Gasteiger charge is 2.10. The summed E-state index contributed by atoms with van der Waals surface area (Å²) in [5, 5.41) is 5.67. The van der Waals surface area contributed by atoms with Crippen LogP contribution >= 0.6 is 15.9 Å². The fraction of sp³-hybridized carbons (Fsp3) is 0.154. The molecule has 2 heterocycles. The number of halogens is 1. The van der Waals surface area contributed by atoms with Gasteiger partial charge in [-0.25, -0.2) is 9.97 Å². The van der Waals surface area contributed by atoms with Gasteiger partial charge in [-0.3, -0.25) is 4.79 Å². The van der Waals surface area contributed by atoms with Crippen molar-refractivity contribution in [2.45, 2.75) is 6.92 Å². The number of carbonyl (C=O) groups is 1. The summed E-state index contributed by atoms with van der Waals surface area (Å²) in [6.07, 6.45) is 1.62. The highest BCUT2D eigenvalue weighted by Crippen LogP contribution is 2.19. The lowest BCUT2D eigenvalue weighted by Crippen LogP contribution is -2.14. The normalized spacial score (nSPS) is 10.1. The summed E-state index contributed by atoms with van der Waals surface area (Å²) in [6, 6.07) is 7.03. The Bertz CT molecular complexity index is 615. The molecule has 0 unspecified atom stereocenters. The lowest BCUT2D eigenvalue weighted by molar-refractivity contribution is 0.102. The molecule has 2 rings (SSSR count). The molecular formula is C13H13BrN4O. The summed E-state index contributed by atoms with van der Waals surface area (Å²) in [4.78, 5) is 20.5. The summed E-state index contributed by atoms with van der Waals surface area (Å²) in [7, 11) is 1.76. The molecule has 0 atom stereocenters. The molecule has 98 valence electrons. The van der Waals surface area contributed by atoms with Gasteiger partial charge in [0.25, 0.3) is 5.91 Å². The maximum absolute atomic E-state index is 12.2.